The zero-order chi connectivity index (χ0) is 13.0. The Morgan fingerprint density at radius 3 is 2.83 bits per heavy atom. The van der Waals surface area contributed by atoms with Gasteiger partial charge < -0.3 is 4.74 Å². The van der Waals surface area contributed by atoms with Gasteiger partial charge in [-0.05, 0) is 23.9 Å². The maximum atomic E-state index is 10.8. The van der Waals surface area contributed by atoms with Crippen LogP contribution in [0.5, 0.6) is 5.75 Å². The molecule has 0 bridgehead atoms. The van der Waals surface area contributed by atoms with Crippen LogP contribution >= 0.6 is 11.3 Å². The number of ether oxygens (including phenoxy) is 1. The fourth-order valence-corrected chi connectivity index (χ4v) is 2.34. The molecule has 0 saturated carbocycles. The molecule has 2 aromatic rings. The van der Waals surface area contributed by atoms with Gasteiger partial charge in [-0.25, -0.2) is 0 Å². The average molecular weight is 263 g/mol. The SMILES string of the molecule is CCCOc1ccc([N+](=O)[O-])cc1-c1cccs1. The van der Waals surface area contributed by atoms with E-state index in [1.165, 1.54) is 6.07 Å². The van der Waals surface area contributed by atoms with Gasteiger partial charge in [0.2, 0.25) is 0 Å². The van der Waals surface area contributed by atoms with Gasteiger partial charge >= 0.3 is 0 Å². The van der Waals surface area contributed by atoms with Crippen LogP contribution in [-0.2, 0) is 0 Å². The van der Waals surface area contributed by atoms with Crippen LogP contribution in [0.4, 0.5) is 5.69 Å². The maximum Gasteiger partial charge on any atom is 0.270 e. The summed E-state index contributed by atoms with van der Waals surface area (Å²) in [6.07, 6.45) is 0.904. The van der Waals surface area contributed by atoms with Crippen LogP contribution in [0.1, 0.15) is 13.3 Å². The number of thiophene rings is 1. The van der Waals surface area contributed by atoms with Gasteiger partial charge in [0.25, 0.3) is 5.69 Å². The third kappa shape index (κ3) is 2.68. The fourth-order valence-electron chi connectivity index (χ4n) is 1.59. The third-order valence-corrected chi connectivity index (χ3v) is 3.33. The van der Waals surface area contributed by atoms with Gasteiger partial charge in [0, 0.05) is 22.6 Å². The molecular formula is C13H13NO3S. The molecule has 0 unspecified atom stereocenters. The minimum absolute atomic E-state index is 0.0854. The highest BCUT2D eigenvalue weighted by molar-refractivity contribution is 7.13. The second-order valence-electron chi connectivity index (χ2n) is 3.76. The molecule has 4 nitrogen and oxygen atoms in total. The summed E-state index contributed by atoms with van der Waals surface area (Å²) in [5.74, 6) is 0.699. The van der Waals surface area contributed by atoms with E-state index in [0.29, 0.717) is 12.4 Å². The van der Waals surface area contributed by atoms with E-state index in [4.69, 9.17) is 4.74 Å². The summed E-state index contributed by atoms with van der Waals surface area (Å²) < 4.78 is 5.63. The van der Waals surface area contributed by atoms with Gasteiger partial charge in [0.15, 0.2) is 0 Å². The van der Waals surface area contributed by atoms with Crippen LogP contribution < -0.4 is 4.74 Å². The molecule has 1 aromatic carbocycles. The number of hydrogen-bond acceptors (Lipinski definition) is 4. The van der Waals surface area contributed by atoms with Crippen LogP contribution in [0.2, 0.25) is 0 Å². The summed E-state index contributed by atoms with van der Waals surface area (Å²) in [4.78, 5) is 11.4. The van der Waals surface area contributed by atoms with E-state index in [0.717, 1.165) is 16.9 Å². The zero-order valence-corrected chi connectivity index (χ0v) is 10.8. The van der Waals surface area contributed by atoms with Crippen molar-refractivity contribution in [3.8, 4) is 16.2 Å². The van der Waals surface area contributed by atoms with Crippen molar-refractivity contribution >= 4 is 17.0 Å². The molecule has 0 radical (unpaired) electrons. The smallest absolute Gasteiger partial charge is 0.270 e. The number of nitro benzene ring substituents is 1. The first-order chi connectivity index (χ1) is 8.72. The monoisotopic (exact) mass is 263 g/mol. The molecule has 18 heavy (non-hydrogen) atoms. The lowest BCUT2D eigenvalue weighted by molar-refractivity contribution is -0.384. The Morgan fingerprint density at radius 2 is 2.22 bits per heavy atom. The lowest BCUT2D eigenvalue weighted by Crippen LogP contribution is -1.97. The van der Waals surface area contributed by atoms with E-state index in [9.17, 15) is 10.1 Å². The Hall–Kier alpha value is -1.88. The van der Waals surface area contributed by atoms with Gasteiger partial charge in [0.05, 0.1) is 11.5 Å². The highest BCUT2D eigenvalue weighted by atomic mass is 32.1. The first-order valence-corrected chi connectivity index (χ1v) is 6.55. The lowest BCUT2D eigenvalue weighted by Gasteiger charge is -2.09. The lowest BCUT2D eigenvalue weighted by atomic mass is 10.1. The molecule has 1 heterocycles. The largest absolute Gasteiger partial charge is 0.493 e. The Kier molecular flexibility index (Phi) is 3.94. The van der Waals surface area contributed by atoms with Gasteiger partial charge in [0.1, 0.15) is 5.75 Å². The van der Waals surface area contributed by atoms with E-state index in [1.807, 2.05) is 24.4 Å². The topological polar surface area (TPSA) is 52.4 Å². The van der Waals surface area contributed by atoms with Crippen molar-refractivity contribution in [2.24, 2.45) is 0 Å². The first kappa shape index (κ1) is 12.6. The molecule has 0 N–H and O–H groups in total. The third-order valence-electron chi connectivity index (χ3n) is 2.42. The first-order valence-electron chi connectivity index (χ1n) is 5.67. The number of non-ortho nitro benzene ring substituents is 1. The van der Waals surface area contributed by atoms with Crippen molar-refractivity contribution in [2.45, 2.75) is 13.3 Å². The predicted molar refractivity (Wildman–Crippen MR) is 72.2 cm³/mol. The van der Waals surface area contributed by atoms with Crippen molar-refractivity contribution < 1.29 is 9.66 Å². The van der Waals surface area contributed by atoms with E-state index in [-0.39, 0.29) is 10.6 Å². The molecule has 5 heteroatoms. The molecule has 0 amide bonds. The molecule has 0 fully saturated rings. The highest BCUT2D eigenvalue weighted by Crippen LogP contribution is 2.36. The summed E-state index contributed by atoms with van der Waals surface area (Å²) >= 11 is 1.54. The Balaban J connectivity index is 2.43. The quantitative estimate of drug-likeness (QED) is 0.602. The molecule has 0 aliphatic heterocycles. The number of nitrogens with zero attached hydrogens (tertiary/aromatic N) is 1. The van der Waals surface area contributed by atoms with Crippen molar-refractivity contribution in [2.75, 3.05) is 6.61 Å². The van der Waals surface area contributed by atoms with Crippen LogP contribution in [0, 0.1) is 10.1 Å². The van der Waals surface area contributed by atoms with Crippen LogP contribution in [-0.4, -0.2) is 11.5 Å². The van der Waals surface area contributed by atoms with Crippen LogP contribution in [0.3, 0.4) is 0 Å². The number of hydrogen-bond donors (Lipinski definition) is 0. The molecule has 0 atom stereocenters. The second-order valence-corrected chi connectivity index (χ2v) is 4.71. The Labute approximate surface area is 109 Å². The summed E-state index contributed by atoms with van der Waals surface area (Å²) in [6, 6.07) is 8.56. The standard InChI is InChI=1S/C13H13NO3S/c1-2-7-17-12-6-5-10(14(15)16)9-11(12)13-4-3-8-18-13/h3-6,8-9H,2,7H2,1H3. The van der Waals surface area contributed by atoms with E-state index < -0.39 is 0 Å². The van der Waals surface area contributed by atoms with E-state index in [2.05, 4.69) is 0 Å². The molecule has 0 saturated heterocycles. The Bertz CT molecular complexity index is 537. The van der Waals surface area contributed by atoms with Crippen molar-refractivity contribution in [1.82, 2.24) is 0 Å². The molecule has 2 rings (SSSR count). The summed E-state index contributed by atoms with van der Waals surface area (Å²) in [5, 5.41) is 12.8. The number of rotatable bonds is 5. The molecule has 94 valence electrons. The average Bonchev–Trinajstić information content (AvgIpc) is 2.89. The minimum atomic E-state index is -0.388. The van der Waals surface area contributed by atoms with E-state index >= 15 is 0 Å². The summed E-state index contributed by atoms with van der Waals surface area (Å²) in [7, 11) is 0. The molecule has 0 aliphatic carbocycles. The number of nitro groups is 1. The molecular weight excluding hydrogens is 250 g/mol. The summed E-state index contributed by atoms with van der Waals surface area (Å²) in [5.41, 5.74) is 0.870. The van der Waals surface area contributed by atoms with Crippen molar-refractivity contribution in [3.63, 3.8) is 0 Å². The second kappa shape index (κ2) is 5.64. The fraction of sp³-hybridized carbons (Fsp3) is 0.231. The highest BCUT2D eigenvalue weighted by Gasteiger charge is 2.13. The predicted octanol–water partition coefficient (Wildman–Crippen LogP) is 4.11. The van der Waals surface area contributed by atoms with Gasteiger partial charge in [-0.15, -0.1) is 11.3 Å². The molecule has 0 aliphatic rings. The van der Waals surface area contributed by atoms with Crippen molar-refractivity contribution in [3.05, 3.63) is 45.8 Å². The van der Waals surface area contributed by atoms with Crippen molar-refractivity contribution in [1.29, 1.82) is 0 Å². The number of benzene rings is 1. The van der Waals surface area contributed by atoms with E-state index in [1.54, 1.807) is 23.5 Å². The van der Waals surface area contributed by atoms with Crippen LogP contribution in [0.25, 0.3) is 10.4 Å². The van der Waals surface area contributed by atoms with Gasteiger partial charge in [-0.1, -0.05) is 13.0 Å². The van der Waals surface area contributed by atoms with Gasteiger partial charge in [-0.3, -0.25) is 10.1 Å². The summed E-state index contributed by atoms with van der Waals surface area (Å²) in [6.45, 7) is 2.63. The molecule has 0 spiro atoms. The normalized spacial score (nSPS) is 10.3. The van der Waals surface area contributed by atoms with Crippen LogP contribution in [0.15, 0.2) is 35.7 Å². The van der Waals surface area contributed by atoms with Gasteiger partial charge in [-0.2, -0.15) is 0 Å². The maximum absolute atomic E-state index is 10.8. The Morgan fingerprint density at radius 1 is 1.39 bits per heavy atom. The zero-order valence-electron chi connectivity index (χ0n) is 9.96. The molecule has 1 aromatic heterocycles. The minimum Gasteiger partial charge on any atom is -0.493 e.